The van der Waals surface area contributed by atoms with E-state index in [1.54, 1.807) is 38.1 Å². The molecule has 1 aromatic rings. The van der Waals surface area contributed by atoms with Crippen LogP contribution in [-0.4, -0.2) is 29.9 Å². The summed E-state index contributed by atoms with van der Waals surface area (Å²) in [6.07, 6.45) is 5.08. The molecule has 0 saturated carbocycles. The van der Waals surface area contributed by atoms with E-state index >= 15 is 0 Å². The lowest BCUT2D eigenvalue weighted by atomic mass is 10.1. The van der Waals surface area contributed by atoms with Crippen LogP contribution in [0.4, 0.5) is 10.5 Å². The smallest absolute Gasteiger partial charge is 0.319 e. The molecule has 0 aromatic heterocycles. The first kappa shape index (κ1) is 14.9. The van der Waals surface area contributed by atoms with Gasteiger partial charge in [0.05, 0.1) is 12.1 Å². The topological polar surface area (TPSA) is 70.6 Å². The fraction of sp³-hybridized carbons (Fsp3) is 0.357. The predicted octanol–water partition coefficient (Wildman–Crippen LogP) is 1.59. The van der Waals surface area contributed by atoms with Gasteiger partial charge in [-0.05, 0) is 38.1 Å². The maximum Gasteiger partial charge on any atom is 0.319 e. The standard InChI is InChI=1S/C14H18N2O3/c1-4-9-19-12-7-5-11(6-8-12)15-13(18)16-14(2,3)10-17/h1,5-8,17H,9-10H2,2-3H3,(H2,15,16,18). The van der Waals surface area contributed by atoms with Crippen LogP contribution in [0.25, 0.3) is 0 Å². The van der Waals surface area contributed by atoms with Crippen molar-refractivity contribution in [2.75, 3.05) is 18.5 Å². The molecule has 0 aliphatic carbocycles. The highest BCUT2D eigenvalue weighted by molar-refractivity contribution is 5.89. The molecule has 0 heterocycles. The van der Waals surface area contributed by atoms with Gasteiger partial charge in [0.15, 0.2) is 0 Å². The molecule has 0 radical (unpaired) electrons. The van der Waals surface area contributed by atoms with Crippen molar-refractivity contribution in [2.24, 2.45) is 0 Å². The van der Waals surface area contributed by atoms with Crippen molar-refractivity contribution in [1.82, 2.24) is 5.32 Å². The highest BCUT2D eigenvalue weighted by atomic mass is 16.5. The molecule has 19 heavy (non-hydrogen) atoms. The average molecular weight is 262 g/mol. The van der Waals surface area contributed by atoms with Crippen molar-refractivity contribution in [2.45, 2.75) is 19.4 Å². The number of hydrogen-bond acceptors (Lipinski definition) is 3. The largest absolute Gasteiger partial charge is 0.481 e. The van der Waals surface area contributed by atoms with Gasteiger partial charge in [0.2, 0.25) is 0 Å². The molecule has 0 saturated heterocycles. The summed E-state index contributed by atoms with van der Waals surface area (Å²) in [4.78, 5) is 11.7. The van der Waals surface area contributed by atoms with E-state index in [0.717, 1.165) is 0 Å². The summed E-state index contributed by atoms with van der Waals surface area (Å²) in [5.41, 5.74) is -0.0424. The van der Waals surface area contributed by atoms with E-state index < -0.39 is 5.54 Å². The number of amides is 2. The van der Waals surface area contributed by atoms with Gasteiger partial charge < -0.3 is 20.5 Å². The van der Waals surface area contributed by atoms with Gasteiger partial charge in [-0.25, -0.2) is 4.79 Å². The van der Waals surface area contributed by atoms with Crippen LogP contribution in [0.2, 0.25) is 0 Å². The lowest BCUT2D eigenvalue weighted by molar-refractivity contribution is 0.187. The quantitative estimate of drug-likeness (QED) is 0.706. The third-order valence-electron chi connectivity index (χ3n) is 2.28. The summed E-state index contributed by atoms with van der Waals surface area (Å²) < 4.78 is 5.22. The minimum absolute atomic E-state index is 0.140. The molecule has 0 fully saturated rings. The number of terminal acetylenes is 1. The van der Waals surface area contributed by atoms with Gasteiger partial charge >= 0.3 is 6.03 Å². The fourth-order valence-corrected chi connectivity index (χ4v) is 1.27. The van der Waals surface area contributed by atoms with Crippen LogP contribution < -0.4 is 15.4 Å². The van der Waals surface area contributed by atoms with Crippen LogP contribution >= 0.6 is 0 Å². The Morgan fingerprint density at radius 1 is 1.42 bits per heavy atom. The number of aliphatic hydroxyl groups excluding tert-OH is 1. The van der Waals surface area contributed by atoms with Crippen LogP contribution in [0.15, 0.2) is 24.3 Å². The number of anilines is 1. The summed E-state index contributed by atoms with van der Waals surface area (Å²) >= 11 is 0. The Morgan fingerprint density at radius 2 is 2.05 bits per heavy atom. The van der Waals surface area contributed by atoms with Gasteiger partial charge in [-0.1, -0.05) is 5.92 Å². The van der Waals surface area contributed by atoms with Crippen LogP contribution in [-0.2, 0) is 0 Å². The molecule has 0 bridgehead atoms. The van der Waals surface area contributed by atoms with E-state index in [-0.39, 0.29) is 19.2 Å². The maximum atomic E-state index is 11.7. The molecule has 2 amide bonds. The Balaban J connectivity index is 2.54. The lowest BCUT2D eigenvalue weighted by Crippen LogP contribution is -2.48. The third kappa shape index (κ3) is 5.32. The average Bonchev–Trinajstić information content (AvgIpc) is 2.37. The number of rotatable bonds is 5. The summed E-state index contributed by atoms with van der Waals surface area (Å²) in [5.74, 6) is 3.01. The Bertz CT molecular complexity index is 461. The minimum atomic E-state index is -0.667. The van der Waals surface area contributed by atoms with Crippen molar-refractivity contribution in [1.29, 1.82) is 0 Å². The number of benzene rings is 1. The number of hydrogen-bond donors (Lipinski definition) is 3. The zero-order valence-electron chi connectivity index (χ0n) is 11.1. The molecule has 0 aliphatic heterocycles. The number of aliphatic hydroxyl groups is 1. The van der Waals surface area contributed by atoms with Crippen molar-refractivity contribution in [3.63, 3.8) is 0 Å². The summed E-state index contributed by atoms with van der Waals surface area (Å²) in [6.45, 7) is 3.52. The summed E-state index contributed by atoms with van der Waals surface area (Å²) in [5, 5.41) is 14.4. The SMILES string of the molecule is C#CCOc1ccc(NC(=O)NC(C)(C)CO)cc1. The third-order valence-corrected chi connectivity index (χ3v) is 2.28. The Hall–Kier alpha value is -2.19. The van der Waals surface area contributed by atoms with Crippen molar-refractivity contribution in [3.8, 4) is 18.1 Å². The molecule has 3 N–H and O–H groups in total. The first-order valence-electron chi connectivity index (χ1n) is 5.83. The van der Waals surface area contributed by atoms with Gasteiger partial charge in [-0.15, -0.1) is 6.42 Å². The number of urea groups is 1. The van der Waals surface area contributed by atoms with Crippen molar-refractivity contribution < 1.29 is 14.6 Å². The second-order valence-corrected chi connectivity index (χ2v) is 4.64. The molecule has 1 aromatic carbocycles. The van der Waals surface area contributed by atoms with Gasteiger partial charge in [0.25, 0.3) is 0 Å². The van der Waals surface area contributed by atoms with E-state index in [1.165, 1.54) is 0 Å². The summed E-state index contributed by atoms with van der Waals surface area (Å²) in [7, 11) is 0. The molecular weight excluding hydrogens is 244 g/mol. The monoisotopic (exact) mass is 262 g/mol. The number of carbonyl (C=O) groups excluding carboxylic acids is 1. The molecule has 1 rings (SSSR count). The van der Waals surface area contributed by atoms with Crippen LogP contribution in [0.3, 0.4) is 0 Å². The van der Waals surface area contributed by atoms with Crippen LogP contribution in [0.5, 0.6) is 5.75 Å². The Labute approximate surface area is 113 Å². The highest BCUT2D eigenvalue weighted by Crippen LogP contribution is 2.15. The molecule has 0 spiro atoms. The lowest BCUT2D eigenvalue weighted by Gasteiger charge is -2.23. The Morgan fingerprint density at radius 3 is 2.58 bits per heavy atom. The van der Waals surface area contributed by atoms with Crippen molar-refractivity contribution in [3.05, 3.63) is 24.3 Å². The molecule has 5 nitrogen and oxygen atoms in total. The van der Waals surface area contributed by atoms with Crippen LogP contribution in [0, 0.1) is 12.3 Å². The number of carbonyl (C=O) groups is 1. The zero-order valence-corrected chi connectivity index (χ0v) is 11.1. The first-order valence-corrected chi connectivity index (χ1v) is 5.83. The second-order valence-electron chi connectivity index (χ2n) is 4.64. The van der Waals surface area contributed by atoms with Gasteiger partial charge in [0, 0.05) is 5.69 Å². The molecule has 0 atom stereocenters. The van der Waals surface area contributed by atoms with E-state index in [2.05, 4.69) is 16.6 Å². The first-order chi connectivity index (χ1) is 8.96. The second kappa shape index (κ2) is 6.66. The zero-order chi connectivity index (χ0) is 14.3. The Kier molecular flexibility index (Phi) is 5.22. The molecule has 0 aliphatic rings. The van der Waals surface area contributed by atoms with Gasteiger partial charge in [0.1, 0.15) is 12.4 Å². The molecule has 0 unspecified atom stereocenters. The van der Waals surface area contributed by atoms with Crippen LogP contribution in [0.1, 0.15) is 13.8 Å². The van der Waals surface area contributed by atoms with Gasteiger partial charge in [-0.3, -0.25) is 0 Å². The number of ether oxygens (including phenoxy) is 1. The maximum absolute atomic E-state index is 11.7. The highest BCUT2D eigenvalue weighted by Gasteiger charge is 2.18. The van der Waals surface area contributed by atoms with E-state index in [0.29, 0.717) is 11.4 Å². The van der Waals surface area contributed by atoms with E-state index in [1.807, 2.05) is 0 Å². The molecule has 102 valence electrons. The van der Waals surface area contributed by atoms with E-state index in [9.17, 15) is 4.79 Å². The summed E-state index contributed by atoms with van der Waals surface area (Å²) in [6, 6.07) is 6.46. The normalized spacial score (nSPS) is 10.4. The van der Waals surface area contributed by atoms with Gasteiger partial charge in [-0.2, -0.15) is 0 Å². The van der Waals surface area contributed by atoms with Crippen molar-refractivity contribution >= 4 is 11.7 Å². The molecule has 5 heteroatoms. The number of nitrogens with one attached hydrogen (secondary N) is 2. The fourth-order valence-electron chi connectivity index (χ4n) is 1.27. The minimum Gasteiger partial charge on any atom is -0.481 e. The molecular formula is C14H18N2O3. The van der Waals surface area contributed by atoms with E-state index in [4.69, 9.17) is 16.3 Å². The predicted molar refractivity (Wildman–Crippen MR) is 74.1 cm³/mol.